The van der Waals surface area contributed by atoms with Crippen molar-refractivity contribution in [2.75, 3.05) is 11.2 Å². The standard InChI is InChI=1S/C14H19ClN4/c1-19-9-17-13-12(19)6-7-16-14(13)18-11-5-3-2-4-10(11)8-15/h6-7,9-11H,2-5,8H2,1H3,(H,16,18). The number of halogens is 1. The van der Waals surface area contributed by atoms with E-state index in [0.717, 1.165) is 22.7 Å². The highest BCUT2D eigenvalue weighted by molar-refractivity contribution is 6.18. The third-order valence-corrected chi connectivity index (χ3v) is 4.47. The second-order valence-electron chi connectivity index (χ2n) is 5.33. The van der Waals surface area contributed by atoms with Gasteiger partial charge in [0.1, 0.15) is 5.52 Å². The number of alkyl halides is 1. The first kappa shape index (κ1) is 12.7. The molecule has 19 heavy (non-hydrogen) atoms. The Morgan fingerprint density at radius 3 is 3.05 bits per heavy atom. The summed E-state index contributed by atoms with van der Waals surface area (Å²) in [6.07, 6.45) is 8.60. The van der Waals surface area contributed by atoms with Crippen LogP contribution < -0.4 is 5.32 Å². The van der Waals surface area contributed by atoms with E-state index in [1.807, 2.05) is 30.2 Å². The zero-order chi connectivity index (χ0) is 13.2. The summed E-state index contributed by atoms with van der Waals surface area (Å²) in [5.41, 5.74) is 2.06. The van der Waals surface area contributed by atoms with Crippen LogP contribution in [0.15, 0.2) is 18.6 Å². The summed E-state index contributed by atoms with van der Waals surface area (Å²) >= 11 is 6.08. The quantitative estimate of drug-likeness (QED) is 0.877. The van der Waals surface area contributed by atoms with Gasteiger partial charge in [0.15, 0.2) is 5.82 Å². The molecule has 1 saturated carbocycles. The van der Waals surface area contributed by atoms with E-state index in [-0.39, 0.29) is 0 Å². The fraction of sp³-hybridized carbons (Fsp3) is 0.571. The molecule has 1 aliphatic rings. The number of hydrogen-bond acceptors (Lipinski definition) is 3. The van der Waals surface area contributed by atoms with Crippen molar-refractivity contribution in [2.24, 2.45) is 13.0 Å². The lowest BCUT2D eigenvalue weighted by molar-refractivity contribution is 0.353. The molecule has 0 bridgehead atoms. The maximum atomic E-state index is 6.08. The largest absolute Gasteiger partial charge is 0.365 e. The Kier molecular flexibility index (Phi) is 3.60. The number of nitrogens with zero attached hydrogens (tertiary/aromatic N) is 3. The van der Waals surface area contributed by atoms with Crippen molar-refractivity contribution in [3.8, 4) is 0 Å². The lowest BCUT2D eigenvalue weighted by Gasteiger charge is -2.31. The summed E-state index contributed by atoms with van der Waals surface area (Å²) < 4.78 is 2.02. The van der Waals surface area contributed by atoms with E-state index in [4.69, 9.17) is 11.6 Å². The zero-order valence-electron chi connectivity index (χ0n) is 11.1. The molecule has 0 spiro atoms. The van der Waals surface area contributed by atoms with Crippen LogP contribution in [0.25, 0.3) is 11.0 Å². The molecule has 2 unspecified atom stereocenters. The first-order valence-corrected chi connectivity index (χ1v) is 7.41. The average Bonchev–Trinajstić information content (AvgIpc) is 2.82. The van der Waals surface area contributed by atoms with Gasteiger partial charge in [-0.25, -0.2) is 9.97 Å². The van der Waals surface area contributed by atoms with Crippen LogP contribution in [0.4, 0.5) is 5.82 Å². The third-order valence-electron chi connectivity index (χ3n) is 4.07. The highest BCUT2D eigenvalue weighted by Gasteiger charge is 2.25. The summed E-state index contributed by atoms with van der Waals surface area (Å²) in [6.45, 7) is 0. The molecule has 5 heteroatoms. The van der Waals surface area contributed by atoms with Gasteiger partial charge in [-0.15, -0.1) is 11.6 Å². The van der Waals surface area contributed by atoms with Crippen LogP contribution >= 0.6 is 11.6 Å². The van der Waals surface area contributed by atoms with Crippen molar-refractivity contribution < 1.29 is 0 Å². The number of rotatable bonds is 3. The van der Waals surface area contributed by atoms with Gasteiger partial charge in [0.2, 0.25) is 0 Å². The molecule has 2 aromatic heterocycles. The lowest BCUT2D eigenvalue weighted by Crippen LogP contribution is -2.33. The molecule has 0 saturated heterocycles. The van der Waals surface area contributed by atoms with Crippen molar-refractivity contribution in [1.29, 1.82) is 0 Å². The Bertz CT molecular complexity index is 566. The van der Waals surface area contributed by atoms with Crippen LogP contribution in [0.3, 0.4) is 0 Å². The Labute approximate surface area is 118 Å². The predicted molar refractivity (Wildman–Crippen MR) is 78.6 cm³/mol. The minimum Gasteiger partial charge on any atom is -0.365 e. The first-order chi connectivity index (χ1) is 9.29. The smallest absolute Gasteiger partial charge is 0.154 e. The molecule has 0 aromatic carbocycles. The van der Waals surface area contributed by atoms with E-state index in [1.165, 1.54) is 25.7 Å². The number of nitrogens with one attached hydrogen (secondary N) is 1. The molecule has 3 rings (SSSR count). The molecule has 4 nitrogen and oxygen atoms in total. The Hall–Kier alpha value is -1.29. The summed E-state index contributed by atoms with van der Waals surface area (Å²) in [5, 5.41) is 3.57. The molecule has 2 aromatic rings. The molecular formula is C14H19ClN4. The van der Waals surface area contributed by atoms with E-state index in [1.54, 1.807) is 0 Å². The number of aromatic nitrogens is 3. The van der Waals surface area contributed by atoms with E-state index >= 15 is 0 Å². The number of hydrogen-bond donors (Lipinski definition) is 1. The Morgan fingerprint density at radius 2 is 2.21 bits per heavy atom. The molecule has 102 valence electrons. The van der Waals surface area contributed by atoms with Gasteiger partial charge in [0, 0.05) is 25.2 Å². The lowest BCUT2D eigenvalue weighted by atomic mass is 9.86. The number of anilines is 1. The molecule has 0 aliphatic heterocycles. The van der Waals surface area contributed by atoms with E-state index < -0.39 is 0 Å². The van der Waals surface area contributed by atoms with Gasteiger partial charge in [-0.3, -0.25) is 0 Å². The normalized spacial score (nSPS) is 23.7. The molecule has 0 radical (unpaired) electrons. The van der Waals surface area contributed by atoms with Gasteiger partial charge < -0.3 is 9.88 Å². The number of fused-ring (bicyclic) bond motifs is 1. The first-order valence-electron chi connectivity index (χ1n) is 6.88. The highest BCUT2D eigenvalue weighted by atomic mass is 35.5. The summed E-state index contributed by atoms with van der Waals surface area (Å²) in [6, 6.07) is 2.42. The molecule has 2 heterocycles. The average molecular weight is 279 g/mol. The fourth-order valence-corrected chi connectivity index (χ4v) is 3.30. The fourth-order valence-electron chi connectivity index (χ4n) is 2.93. The summed E-state index contributed by atoms with van der Waals surface area (Å²) in [4.78, 5) is 8.89. The predicted octanol–water partition coefficient (Wildman–Crippen LogP) is 3.18. The Morgan fingerprint density at radius 1 is 1.37 bits per heavy atom. The molecule has 2 atom stereocenters. The second-order valence-corrected chi connectivity index (χ2v) is 5.64. The number of imidazole rings is 1. The van der Waals surface area contributed by atoms with E-state index in [0.29, 0.717) is 12.0 Å². The van der Waals surface area contributed by atoms with Gasteiger partial charge in [-0.1, -0.05) is 12.8 Å². The van der Waals surface area contributed by atoms with Crippen LogP contribution in [0, 0.1) is 5.92 Å². The van der Waals surface area contributed by atoms with Crippen molar-refractivity contribution in [2.45, 2.75) is 31.7 Å². The van der Waals surface area contributed by atoms with Crippen LogP contribution in [0.2, 0.25) is 0 Å². The van der Waals surface area contributed by atoms with Crippen LogP contribution in [0.5, 0.6) is 0 Å². The molecule has 1 fully saturated rings. The SMILES string of the molecule is Cn1cnc2c(NC3CCCCC3CCl)nccc21. The van der Waals surface area contributed by atoms with Gasteiger partial charge in [-0.05, 0) is 24.8 Å². The van der Waals surface area contributed by atoms with Gasteiger partial charge in [0.05, 0.1) is 11.8 Å². The summed E-state index contributed by atoms with van der Waals surface area (Å²) in [7, 11) is 2.00. The number of pyridine rings is 1. The molecular weight excluding hydrogens is 260 g/mol. The molecule has 1 N–H and O–H groups in total. The van der Waals surface area contributed by atoms with Crippen molar-refractivity contribution in [3.05, 3.63) is 18.6 Å². The van der Waals surface area contributed by atoms with Crippen LogP contribution in [0.1, 0.15) is 25.7 Å². The highest BCUT2D eigenvalue weighted by Crippen LogP contribution is 2.29. The van der Waals surface area contributed by atoms with Crippen molar-refractivity contribution in [3.63, 3.8) is 0 Å². The van der Waals surface area contributed by atoms with Crippen molar-refractivity contribution in [1.82, 2.24) is 14.5 Å². The van der Waals surface area contributed by atoms with Gasteiger partial charge in [-0.2, -0.15) is 0 Å². The molecule has 0 amide bonds. The minimum absolute atomic E-state index is 0.423. The zero-order valence-corrected chi connectivity index (χ0v) is 11.9. The van der Waals surface area contributed by atoms with Crippen LogP contribution in [-0.4, -0.2) is 26.5 Å². The Balaban J connectivity index is 1.88. The van der Waals surface area contributed by atoms with Gasteiger partial charge in [0.25, 0.3) is 0 Å². The monoisotopic (exact) mass is 278 g/mol. The second kappa shape index (κ2) is 5.37. The van der Waals surface area contributed by atoms with Gasteiger partial charge >= 0.3 is 0 Å². The van der Waals surface area contributed by atoms with E-state index in [9.17, 15) is 0 Å². The van der Waals surface area contributed by atoms with E-state index in [2.05, 4.69) is 15.3 Å². The third kappa shape index (κ3) is 2.41. The maximum absolute atomic E-state index is 6.08. The number of aryl methyl sites for hydroxylation is 1. The molecule has 1 aliphatic carbocycles. The topological polar surface area (TPSA) is 42.7 Å². The minimum atomic E-state index is 0.423. The summed E-state index contributed by atoms with van der Waals surface area (Å²) in [5.74, 6) is 2.15. The maximum Gasteiger partial charge on any atom is 0.154 e. The van der Waals surface area contributed by atoms with Crippen LogP contribution in [-0.2, 0) is 7.05 Å². The van der Waals surface area contributed by atoms with Crippen molar-refractivity contribution >= 4 is 28.5 Å².